The standard InChI is InChI=1S/C20H24N2O3/c1-25-13-19(24)22-17(11-21)20(18(22)12-23)16-10-6-5-9-15(16)14-7-3-2-4-8-14/h5-7,9-10,17-18,20,23H,2-4,8,12-13H2,1H3/t17-,18-,20+/m1/s1. The normalized spacial score (nSPS) is 25.7. The molecule has 1 N–H and O–H groups in total. The molecule has 0 saturated carbocycles. The van der Waals surface area contributed by atoms with Gasteiger partial charge in [-0.2, -0.15) is 5.26 Å². The molecule has 1 fully saturated rings. The zero-order chi connectivity index (χ0) is 17.8. The number of carbonyl (C=O) groups excluding carboxylic acids is 1. The van der Waals surface area contributed by atoms with Gasteiger partial charge in [0.05, 0.1) is 18.7 Å². The lowest BCUT2D eigenvalue weighted by Crippen LogP contribution is -2.66. The van der Waals surface area contributed by atoms with E-state index in [0.29, 0.717) is 0 Å². The number of allylic oxidation sites excluding steroid dienone is 2. The minimum atomic E-state index is -0.565. The molecule has 2 aliphatic rings. The molecule has 1 heterocycles. The number of methoxy groups -OCH3 is 1. The first-order valence-electron chi connectivity index (χ1n) is 8.81. The van der Waals surface area contributed by atoms with E-state index in [4.69, 9.17) is 4.74 Å². The Labute approximate surface area is 148 Å². The molecule has 132 valence electrons. The van der Waals surface area contributed by atoms with Gasteiger partial charge in [0.15, 0.2) is 0 Å². The second-order valence-electron chi connectivity index (χ2n) is 6.65. The monoisotopic (exact) mass is 340 g/mol. The molecule has 1 aliphatic heterocycles. The van der Waals surface area contributed by atoms with Gasteiger partial charge in [0.1, 0.15) is 12.6 Å². The molecule has 0 aromatic heterocycles. The Morgan fingerprint density at radius 1 is 1.40 bits per heavy atom. The average molecular weight is 340 g/mol. The first-order valence-corrected chi connectivity index (χ1v) is 8.81. The maximum Gasteiger partial charge on any atom is 0.249 e. The highest BCUT2D eigenvalue weighted by atomic mass is 16.5. The van der Waals surface area contributed by atoms with Crippen LogP contribution >= 0.6 is 0 Å². The number of hydrogen-bond donors (Lipinski definition) is 1. The van der Waals surface area contributed by atoms with Gasteiger partial charge < -0.3 is 14.7 Å². The average Bonchev–Trinajstić information content (AvgIpc) is 2.63. The Morgan fingerprint density at radius 3 is 2.84 bits per heavy atom. The van der Waals surface area contributed by atoms with Crippen molar-refractivity contribution in [3.05, 3.63) is 41.5 Å². The summed E-state index contributed by atoms with van der Waals surface area (Å²) in [6.07, 6.45) is 6.79. The van der Waals surface area contributed by atoms with E-state index in [2.05, 4.69) is 18.2 Å². The SMILES string of the molecule is COCC(=O)N1[C@H](C#N)[C@H](c2ccccc2C2=CCCCC2)[C@H]1CO. The molecule has 5 nitrogen and oxygen atoms in total. The van der Waals surface area contributed by atoms with Gasteiger partial charge in [0.2, 0.25) is 5.91 Å². The van der Waals surface area contributed by atoms with Gasteiger partial charge in [-0.05, 0) is 42.4 Å². The lowest BCUT2D eigenvalue weighted by Gasteiger charge is -2.52. The van der Waals surface area contributed by atoms with E-state index in [1.54, 1.807) is 0 Å². The minimum absolute atomic E-state index is 0.0752. The molecule has 25 heavy (non-hydrogen) atoms. The highest BCUT2D eigenvalue weighted by molar-refractivity contribution is 5.81. The fraction of sp³-hybridized carbons (Fsp3) is 0.500. The molecule has 0 unspecified atom stereocenters. The number of aliphatic hydroxyl groups is 1. The van der Waals surface area contributed by atoms with Gasteiger partial charge in [-0.25, -0.2) is 0 Å². The van der Waals surface area contributed by atoms with E-state index >= 15 is 0 Å². The second-order valence-corrected chi connectivity index (χ2v) is 6.65. The molecule has 1 saturated heterocycles. The summed E-state index contributed by atoms with van der Waals surface area (Å²) in [6, 6.07) is 9.40. The summed E-state index contributed by atoms with van der Waals surface area (Å²) < 4.78 is 4.91. The van der Waals surface area contributed by atoms with E-state index in [9.17, 15) is 15.2 Å². The largest absolute Gasteiger partial charge is 0.394 e. The van der Waals surface area contributed by atoms with Crippen LogP contribution in [0, 0.1) is 11.3 Å². The maximum absolute atomic E-state index is 12.3. The molecule has 3 atom stereocenters. The number of nitrogens with zero attached hydrogens (tertiary/aromatic N) is 2. The van der Waals surface area contributed by atoms with E-state index in [0.717, 1.165) is 24.0 Å². The van der Waals surface area contributed by atoms with Crippen molar-refractivity contribution in [2.45, 2.75) is 43.7 Å². The smallest absolute Gasteiger partial charge is 0.249 e. The first kappa shape index (κ1) is 17.7. The van der Waals surface area contributed by atoms with Crippen LogP contribution in [0.3, 0.4) is 0 Å². The molecule has 1 aromatic carbocycles. The van der Waals surface area contributed by atoms with Crippen LogP contribution in [0.5, 0.6) is 0 Å². The summed E-state index contributed by atoms with van der Waals surface area (Å²) in [5, 5.41) is 19.5. The van der Waals surface area contributed by atoms with Gasteiger partial charge in [-0.15, -0.1) is 0 Å². The van der Waals surface area contributed by atoms with Crippen LogP contribution in [0.15, 0.2) is 30.3 Å². The molecular formula is C20H24N2O3. The van der Waals surface area contributed by atoms with Gasteiger partial charge in [0.25, 0.3) is 0 Å². The number of nitriles is 1. The van der Waals surface area contributed by atoms with Crippen molar-refractivity contribution in [3.8, 4) is 6.07 Å². The Balaban J connectivity index is 1.95. The zero-order valence-corrected chi connectivity index (χ0v) is 14.5. The summed E-state index contributed by atoms with van der Waals surface area (Å²) in [6.45, 7) is -0.236. The Bertz CT molecular complexity index is 707. The molecule has 0 bridgehead atoms. The van der Waals surface area contributed by atoms with Crippen molar-refractivity contribution in [3.63, 3.8) is 0 Å². The van der Waals surface area contributed by atoms with Gasteiger partial charge in [-0.1, -0.05) is 30.3 Å². The molecule has 0 spiro atoms. The Kier molecular flexibility index (Phi) is 5.52. The third kappa shape index (κ3) is 3.20. The number of ether oxygens (including phenoxy) is 1. The van der Waals surface area contributed by atoms with Crippen LogP contribution in [0.25, 0.3) is 5.57 Å². The summed E-state index contributed by atoms with van der Waals surface area (Å²) in [5.41, 5.74) is 3.53. The van der Waals surface area contributed by atoms with Gasteiger partial charge in [-0.3, -0.25) is 4.79 Å². The third-order valence-electron chi connectivity index (χ3n) is 5.24. The number of likely N-dealkylation sites (tertiary alicyclic amines) is 1. The molecule has 1 aromatic rings. The fourth-order valence-corrected chi connectivity index (χ4v) is 4.08. The van der Waals surface area contributed by atoms with Crippen LogP contribution < -0.4 is 0 Å². The highest BCUT2D eigenvalue weighted by Gasteiger charge is 2.52. The lowest BCUT2D eigenvalue weighted by atomic mass is 9.72. The number of amides is 1. The molecular weight excluding hydrogens is 316 g/mol. The van der Waals surface area contributed by atoms with Crippen molar-refractivity contribution in [2.75, 3.05) is 20.3 Å². The fourth-order valence-electron chi connectivity index (χ4n) is 4.08. The van der Waals surface area contributed by atoms with E-state index < -0.39 is 6.04 Å². The molecule has 1 amide bonds. The molecule has 1 aliphatic carbocycles. The quantitative estimate of drug-likeness (QED) is 0.894. The van der Waals surface area contributed by atoms with Crippen molar-refractivity contribution in [2.24, 2.45) is 0 Å². The highest BCUT2D eigenvalue weighted by Crippen LogP contribution is 2.44. The number of aliphatic hydroxyl groups excluding tert-OH is 1. The lowest BCUT2D eigenvalue weighted by molar-refractivity contribution is -0.150. The molecule has 5 heteroatoms. The van der Waals surface area contributed by atoms with E-state index in [1.165, 1.54) is 30.4 Å². The summed E-state index contributed by atoms with van der Waals surface area (Å²) in [4.78, 5) is 13.7. The van der Waals surface area contributed by atoms with Crippen LogP contribution in [0.2, 0.25) is 0 Å². The van der Waals surface area contributed by atoms with Crippen LogP contribution in [-0.2, 0) is 9.53 Å². The number of carbonyl (C=O) groups is 1. The van der Waals surface area contributed by atoms with Crippen molar-refractivity contribution >= 4 is 11.5 Å². The third-order valence-corrected chi connectivity index (χ3v) is 5.24. The van der Waals surface area contributed by atoms with E-state index in [1.807, 2.05) is 18.2 Å². The van der Waals surface area contributed by atoms with Crippen LogP contribution in [-0.4, -0.2) is 48.3 Å². The van der Waals surface area contributed by atoms with Crippen LogP contribution in [0.1, 0.15) is 42.7 Å². The van der Waals surface area contributed by atoms with Gasteiger partial charge in [0, 0.05) is 13.0 Å². The van der Waals surface area contributed by atoms with Crippen molar-refractivity contribution < 1.29 is 14.6 Å². The summed E-state index contributed by atoms with van der Waals surface area (Å²) in [5.74, 6) is -0.423. The number of benzene rings is 1. The summed E-state index contributed by atoms with van der Waals surface area (Å²) in [7, 11) is 1.45. The van der Waals surface area contributed by atoms with Crippen molar-refractivity contribution in [1.82, 2.24) is 4.90 Å². The number of rotatable bonds is 5. The first-order chi connectivity index (χ1) is 12.2. The molecule has 3 rings (SSSR count). The number of hydrogen-bond acceptors (Lipinski definition) is 4. The van der Waals surface area contributed by atoms with Crippen molar-refractivity contribution in [1.29, 1.82) is 5.26 Å². The summed E-state index contributed by atoms with van der Waals surface area (Å²) >= 11 is 0. The Hall–Kier alpha value is -2.16. The van der Waals surface area contributed by atoms with Gasteiger partial charge >= 0.3 is 0 Å². The minimum Gasteiger partial charge on any atom is -0.394 e. The molecule has 0 radical (unpaired) electrons. The topological polar surface area (TPSA) is 73.6 Å². The predicted octanol–water partition coefficient (Wildman–Crippen LogP) is 2.47. The van der Waals surface area contributed by atoms with Crippen LogP contribution in [0.4, 0.5) is 0 Å². The van der Waals surface area contributed by atoms with E-state index in [-0.39, 0.29) is 31.1 Å². The maximum atomic E-state index is 12.3. The Morgan fingerprint density at radius 2 is 2.20 bits per heavy atom. The predicted molar refractivity (Wildman–Crippen MR) is 94.6 cm³/mol. The zero-order valence-electron chi connectivity index (χ0n) is 14.5. The second kappa shape index (κ2) is 7.81.